The number of carbonyl (C=O) groups is 1. The fourth-order valence-corrected chi connectivity index (χ4v) is 9.45. The second-order valence-corrected chi connectivity index (χ2v) is 22.8. The molecule has 0 aromatic carbocycles. The molecule has 9 heteroatoms. The largest absolute Gasteiger partial charge is 0.472 e. The van der Waals surface area contributed by atoms with Gasteiger partial charge in [0.2, 0.25) is 0 Å². The fourth-order valence-electron chi connectivity index (χ4n) is 8.71. The molecule has 0 bridgehead atoms. The molecule has 0 aliphatic heterocycles. The van der Waals surface area contributed by atoms with Crippen molar-refractivity contribution in [1.29, 1.82) is 0 Å². The zero-order chi connectivity index (χ0) is 49.8. The van der Waals surface area contributed by atoms with Crippen molar-refractivity contribution in [3.8, 4) is 0 Å². The lowest BCUT2D eigenvalue weighted by atomic mass is 10.0. The van der Waals surface area contributed by atoms with Crippen LogP contribution in [0.4, 0.5) is 0 Å². The molecule has 0 saturated heterocycles. The molecule has 0 fully saturated rings. The molecule has 0 saturated carbocycles. The van der Waals surface area contributed by atoms with E-state index in [9.17, 15) is 14.3 Å². The standard InChI is InChI=1S/C59H116NO7P/c1-6-8-10-12-14-16-18-20-22-24-26-28-29-30-31-33-35-37-39-41-43-45-47-49-51-54-64-56-58(57-66-68(62,63)65-55-53-60(3,4)5)67-59(61)52-50-48-46-44-42-40-38-36-34-32-27-25-23-21-19-17-15-13-11-9-7-2/h19,21,25,27,58H,6-18,20,22-24,26,28-57H2,1-5H3/p+1/b21-19-,27-25-. The monoisotopic (exact) mass is 983 g/mol. The number of hydrogen-bond acceptors (Lipinski definition) is 6. The fraction of sp³-hybridized carbons (Fsp3) is 0.915. The zero-order valence-electron chi connectivity index (χ0n) is 46.1. The molecule has 0 aromatic rings. The van der Waals surface area contributed by atoms with Gasteiger partial charge in [-0.15, -0.1) is 0 Å². The first-order valence-electron chi connectivity index (χ1n) is 29.6. The number of hydrogen-bond donors (Lipinski definition) is 1. The third kappa shape index (κ3) is 55.9. The molecule has 0 heterocycles. The second kappa shape index (κ2) is 52.3. The van der Waals surface area contributed by atoms with Crippen molar-refractivity contribution in [1.82, 2.24) is 0 Å². The lowest BCUT2D eigenvalue weighted by Gasteiger charge is -2.24. The van der Waals surface area contributed by atoms with Crippen LogP contribution in [0.15, 0.2) is 24.3 Å². The summed E-state index contributed by atoms with van der Waals surface area (Å²) in [7, 11) is 1.68. The van der Waals surface area contributed by atoms with Crippen molar-refractivity contribution in [2.24, 2.45) is 0 Å². The normalized spacial score (nSPS) is 13.6. The van der Waals surface area contributed by atoms with Crippen LogP contribution in [-0.2, 0) is 27.9 Å². The van der Waals surface area contributed by atoms with Gasteiger partial charge in [0.1, 0.15) is 19.3 Å². The second-order valence-electron chi connectivity index (χ2n) is 21.4. The maximum atomic E-state index is 12.8. The number of phosphoric ester groups is 1. The number of ether oxygens (including phenoxy) is 2. The average Bonchev–Trinajstić information content (AvgIpc) is 3.30. The van der Waals surface area contributed by atoms with E-state index in [1.54, 1.807) is 0 Å². The lowest BCUT2D eigenvalue weighted by Crippen LogP contribution is -2.37. The van der Waals surface area contributed by atoms with Gasteiger partial charge >= 0.3 is 13.8 Å². The molecule has 0 aromatic heterocycles. The minimum absolute atomic E-state index is 0.0903. The number of rotatable bonds is 56. The molecular formula is C59H117NO7P+. The van der Waals surface area contributed by atoms with Crippen molar-refractivity contribution in [2.45, 2.75) is 296 Å². The van der Waals surface area contributed by atoms with Crippen LogP contribution in [0, 0.1) is 0 Å². The highest BCUT2D eigenvalue weighted by Gasteiger charge is 2.26. The summed E-state index contributed by atoms with van der Waals surface area (Å²) in [5, 5.41) is 0. The van der Waals surface area contributed by atoms with Gasteiger partial charge in [0.05, 0.1) is 34.4 Å². The Morgan fingerprint density at radius 3 is 1.19 bits per heavy atom. The van der Waals surface area contributed by atoms with Crippen molar-refractivity contribution in [2.75, 3.05) is 54.1 Å². The maximum absolute atomic E-state index is 12.8. The molecule has 68 heavy (non-hydrogen) atoms. The van der Waals surface area contributed by atoms with E-state index in [4.69, 9.17) is 18.5 Å². The van der Waals surface area contributed by atoms with Gasteiger partial charge in [0.15, 0.2) is 0 Å². The number of phosphoric acid groups is 1. The third-order valence-corrected chi connectivity index (χ3v) is 14.2. The summed E-state index contributed by atoms with van der Waals surface area (Å²) in [6.45, 7) is 5.68. The van der Waals surface area contributed by atoms with Gasteiger partial charge in [-0.1, -0.05) is 263 Å². The van der Waals surface area contributed by atoms with Crippen molar-refractivity contribution >= 4 is 13.8 Å². The molecule has 404 valence electrons. The average molecular weight is 984 g/mol. The Hall–Kier alpha value is -1.02. The van der Waals surface area contributed by atoms with E-state index in [1.165, 1.54) is 231 Å². The van der Waals surface area contributed by atoms with E-state index in [0.29, 0.717) is 24.1 Å². The van der Waals surface area contributed by atoms with Gasteiger partial charge in [-0.25, -0.2) is 4.57 Å². The predicted molar refractivity (Wildman–Crippen MR) is 293 cm³/mol. The number of likely N-dealkylation sites (N-methyl/N-ethyl adjacent to an activating group) is 1. The van der Waals surface area contributed by atoms with Gasteiger partial charge in [0, 0.05) is 13.0 Å². The third-order valence-electron chi connectivity index (χ3n) is 13.3. The SMILES string of the molecule is CCCCCCC/C=C\C/C=C\CCCCCCCCCCCC(=O)OC(COCCCCCCCCCCCCCCCCCCCCCCCCCCC)COP(=O)(O)OCC[N+](C)(C)C. The molecule has 0 amide bonds. The van der Waals surface area contributed by atoms with E-state index in [1.807, 2.05) is 21.1 Å². The van der Waals surface area contributed by atoms with Crippen LogP contribution in [-0.4, -0.2) is 75.6 Å². The van der Waals surface area contributed by atoms with Gasteiger partial charge in [0.25, 0.3) is 0 Å². The Kier molecular flexibility index (Phi) is 51.5. The smallest absolute Gasteiger partial charge is 0.457 e. The summed E-state index contributed by atoms with van der Waals surface area (Å²) in [4.78, 5) is 23.1. The van der Waals surface area contributed by atoms with E-state index in [-0.39, 0.29) is 25.8 Å². The van der Waals surface area contributed by atoms with Gasteiger partial charge in [-0.05, 0) is 44.9 Å². The summed E-state index contributed by atoms with van der Waals surface area (Å²) in [6.07, 6.45) is 63.9. The number of allylic oxidation sites excluding steroid dienone is 4. The minimum Gasteiger partial charge on any atom is -0.457 e. The summed E-state index contributed by atoms with van der Waals surface area (Å²) >= 11 is 0. The summed E-state index contributed by atoms with van der Waals surface area (Å²) in [5.74, 6) is -0.311. The van der Waals surface area contributed by atoms with E-state index in [0.717, 1.165) is 38.5 Å². The van der Waals surface area contributed by atoms with Crippen LogP contribution in [0.1, 0.15) is 290 Å². The molecule has 0 spiro atoms. The van der Waals surface area contributed by atoms with Crippen LogP contribution in [0.5, 0.6) is 0 Å². The topological polar surface area (TPSA) is 91.3 Å². The number of esters is 1. The Morgan fingerprint density at radius 1 is 0.456 bits per heavy atom. The van der Waals surface area contributed by atoms with E-state index >= 15 is 0 Å². The molecule has 2 atom stereocenters. The Balaban J connectivity index is 4.02. The molecule has 8 nitrogen and oxygen atoms in total. The molecule has 0 rings (SSSR count). The minimum atomic E-state index is -4.28. The summed E-state index contributed by atoms with van der Waals surface area (Å²) in [5.41, 5.74) is 0. The molecule has 0 aliphatic rings. The van der Waals surface area contributed by atoms with Crippen LogP contribution in [0.3, 0.4) is 0 Å². The molecular weight excluding hydrogens is 866 g/mol. The number of quaternary nitrogens is 1. The molecule has 0 radical (unpaired) electrons. The van der Waals surface area contributed by atoms with Crippen molar-refractivity contribution < 1.29 is 37.3 Å². The summed E-state index contributed by atoms with van der Waals surface area (Å²) < 4.78 is 35.3. The predicted octanol–water partition coefficient (Wildman–Crippen LogP) is 18.7. The number of carbonyl (C=O) groups excluding carboxylic acids is 1. The van der Waals surface area contributed by atoms with Crippen molar-refractivity contribution in [3.05, 3.63) is 24.3 Å². The van der Waals surface area contributed by atoms with E-state index in [2.05, 4.69) is 38.2 Å². The molecule has 0 aliphatic carbocycles. The van der Waals surface area contributed by atoms with Crippen LogP contribution in [0.25, 0.3) is 0 Å². The first kappa shape index (κ1) is 67.0. The lowest BCUT2D eigenvalue weighted by molar-refractivity contribution is -0.870. The first-order valence-corrected chi connectivity index (χ1v) is 31.1. The number of nitrogens with zero attached hydrogens (tertiary/aromatic N) is 1. The Labute approximate surface area is 423 Å². The van der Waals surface area contributed by atoms with Gasteiger partial charge in [-0.2, -0.15) is 0 Å². The van der Waals surface area contributed by atoms with Gasteiger partial charge in [-0.3, -0.25) is 13.8 Å². The van der Waals surface area contributed by atoms with Crippen LogP contribution >= 0.6 is 7.82 Å². The Morgan fingerprint density at radius 2 is 0.809 bits per heavy atom. The van der Waals surface area contributed by atoms with E-state index < -0.39 is 13.9 Å². The zero-order valence-corrected chi connectivity index (χ0v) is 47.0. The highest BCUT2D eigenvalue weighted by molar-refractivity contribution is 7.47. The first-order chi connectivity index (χ1) is 33.1. The maximum Gasteiger partial charge on any atom is 0.472 e. The number of unbranched alkanes of at least 4 members (excludes halogenated alkanes) is 38. The Bertz CT molecular complexity index is 1140. The van der Waals surface area contributed by atoms with Crippen molar-refractivity contribution in [3.63, 3.8) is 0 Å². The van der Waals surface area contributed by atoms with Gasteiger partial charge < -0.3 is 18.9 Å². The highest BCUT2D eigenvalue weighted by atomic mass is 31.2. The van der Waals surface area contributed by atoms with Crippen LogP contribution in [0.2, 0.25) is 0 Å². The summed E-state index contributed by atoms with van der Waals surface area (Å²) in [6, 6.07) is 0. The molecule has 1 N–H and O–H groups in total. The quantitative estimate of drug-likeness (QED) is 0.0213. The highest BCUT2D eigenvalue weighted by Crippen LogP contribution is 2.43. The van der Waals surface area contributed by atoms with Crippen LogP contribution < -0.4 is 0 Å². The molecule has 2 unspecified atom stereocenters.